The second-order valence-corrected chi connectivity index (χ2v) is 5.39. The van der Waals surface area contributed by atoms with Gasteiger partial charge in [-0.05, 0) is 41.3 Å². The highest BCUT2D eigenvalue weighted by Crippen LogP contribution is 2.26. The Morgan fingerprint density at radius 2 is 1.15 bits per heavy atom. The van der Waals surface area contributed by atoms with E-state index in [1.165, 1.54) is 22.3 Å². The minimum atomic E-state index is 0.769. The number of aryl methyl sites for hydroxylation is 1. The van der Waals surface area contributed by atoms with Gasteiger partial charge in [-0.25, -0.2) is 0 Å². The van der Waals surface area contributed by atoms with Crippen LogP contribution in [0.15, 0.2) is 72.8 Å². The maximum Gasteiger partial charge on any atom is 0.0412 e. The Hall–Kier alpha value is -2.05. The van der Waals surface area contributed by atoms with Gasteiger partial charge in [-0.3, -0.25) is 0 Å². The third-order valence-electron chi connectivity index (χ3n) is 3.39. The van der Waals surface area contributed by atoms with Crippen molar-refractivity contribution in [2.75, 3.05) is 0 Å². The van der Waals surface area contributed by atoms with E-state index in [-0.39, 0.29) is 0 Å². The van der Waals surface area contributed by atoms with E-state index >= 15 is 0 Å². The van der Waals surface area contributed by atoms with Crippen molar-refractivity contribution in [3.05, 3.63) is 83.4 Å². The van der Waals surface area contributed by atoms with E-state index in [2.05, 4.69) is 61.5 Å². The molecule has 0 atom stereocenters. The summed E-state index contributed by atoms with van der Waals surface area (Å²) in [5, 5.41) is 0.769. The molecular weight excluding hydrogens is 264 g/mol. The average Bonchev–Trinajstić information content (AvgIpc) is 2.47. The third-order valence-corrected chi connectivity index (χ3v) is 3.63. The van der Waals surface area contributed by atoms with Gasteiger partial charge in [0.05, 0.1) is 0 Å². The van der Waals surface area contributed by atoms with Crippen LogP contribution in [-0.2, 0) is 0 Å². The van der Waals surface area contributed by atoms with Gasteiger partial charge in [0, 0.05) is 5.02 Å². The Kier molecular flexibility index (Phi) is 3.58. The lowest BCUT2D eigenvalue weighted by atomic mass is 9.99. The minimum absolute atomic E-state index is 0.769. The molecule has 0 nitrogen and oxygen atoms in total. The first-order valence-corrected chi connectivity index (χ1v) is 7.03. The molecule has 0 bridgehead atoms. The fraction of sp³-hybridized carbons (Fsp3) is 0.0526. The highest BCUT2D eigenvalue weighted by atomic mass is 35.5. The van der Waals surface area contributed by atoms with Gasteiger partial charge in [0.2, 0.25) is 0 Å². The lowest BCUT2D eigenvalue weighted by Crippen LogP contribution is -1.81. The first-order chi connectivity index (χ1) is 9.72. The van der Waals surface area contributed by atoms with E-state index in [9.17, 15) is 0 Å². The van der Waals surface area contributed by atoms with Crippen LogP contribution in [0.3, 0.4) is 0 Å². The van der Waals surface area contributed by atoms with Crippen LogP contribution in [0.4, 0.5) is 0 Å². The molecule has 3 aromatic carbocycles. The van der Waals surface area contributed by atoms with Gasteiger partial charge in [-0.15, -0.1) is 0 Å². The maximum atomic E-state index is 6.04. The van der Waals surface area contributed by atoms with E-state index in [1.807, 2.05) is 18.2 Å². The first-order valence-electron chi connectivity index (χ1n) is 6.65. The Morgan fingerprint density at radius 1 is 0.600 bits per heavy atom. The van der Waals surface area contributed by atoms with Gasteiger partial charge < -0.3 is 0 Å². The summed E-state index contributed by atoms with van der Waals surface area (Å²) in [6.45, 7) is 2.11. The van der Waals surface area contributed by atoms with Crippen molar-refractivity contribution in [2.45, 2.75) is 6.92 Å². The van der Waals surface area contributed by atoms with E-state index in [0.29, 0.717) is 0 Å². The Morgan fingerprint density at radius 3 is 1.70 bits per heavy atom. The lowest BCUT2D eigenvalue weighted by molar-refractivity contribution is 1.47. The zero-order valence-corrected chi connectivity index (χ0v) is 12.1. The van der Waals surface area contributed by atoms with Crippen LogP contribution < -0.4 is 0 Å². The largest absolute Gasteiger partial charge is 0.0843 e. The molecule has 0 unspecified atom stereocenters. The van der Waals surface area contributed by atoms with Gasteiger partial charge >= 0.3 is 0 Å². The van der Waals surface area contributed by atoms with Crippen LogP contribution in [0.5, 0.6) is 0 Å². The molecular formula is C19H15Cl. The molecule has 0 aliphatic heterocycles. The molecule has 0 saturated heterocycles. The van der Waals surface area contributed by atoms with Crippen LogP contribution in [-0.4, -0.2) is 0 Å². The molecule has 3 aromatic rings. The summed E-state index contributed by atoms with van der Waals surface area (Å²) >= 11 is 6.04. The second-order valence-electron chi connectivity index (χ2n) is 4.96. The van der Waals surface area contributed by atoms with Crippen molar-refractivity contribution in [1.29, 1.82) is 0 Å². The average molecular weight is 279 g/mol. The molecule has 0 aromatic heterocycles. The summed E-state index contributed by atoms with van der Waals surface area (Å²) in [4.78, 5) is 0. The minimum Gasteiger partial charge on any atom is -0.0843 e. The monoisotopic (exact) mass is 278 g/mol. The highest BCUT2D eigenvalue weighted by Gasteiger charge is 2.01. The summed E-state index contributed by atoms with van der Waals surface area (Å²) in [6, 6.07) is 25.1. The van der Waals surface area contributed by atoms with E-state index in [4.69, 9.17) is 11.6 Å². The number of hydrogen-bond acceptors (Lipinski definition) is 0. The fourth-order valence-electron chi connectivity index (χ4n) is 2.35. The number of rotatable bonds is 2. The van der Waals surface area contributed by atoms with Crippen LogP contribution in [0.1, 0.15) is 5.56 Å². The molecule has 0 fully saturated rings. The Bertz CT molecular complexity index is 662. The third kappa shape index (κ3) is 2.76. The van der Waals surface area contributed by atoms with Crippen LogP contribution in [0, 0.1) is 6.92 Å². The highest BCUT2D eigenvalue weighted by molar-refractivity contribution is 6.30. The molecule has 0 spiro atoms. The van der Waals surface area contributed by atoms with Crippen LogP contribution in [0.25, 0.3) is 22.3 Å². The summed E-state index contributed by atoms with van der Waals surface area (Å²) < 4.78 is 0. The van der Waals surface area contributed by atoms with Crippen molar-refractivity contribution in [3.8, 4) is 22.3 Å². The molecule has 98 valence electrons. The van der Waals surface area contributed by atoms with Crippen molar-refractivity contribution in [1.82, 2.24) is 0 Å². The van der Waals surface area contributed by atoms with Crippen molar-refractivity contribution in [3.63, 3.8) is 0 Å². The topological polar surface area (TPSA) is 0 Å². The molecule has 0 radical (unpaired) electrons. The molecule has 0 heterocycles. The summed E-state index contributed by atoms with van der Waals surface area (Å²) in [5.41, 5.74) is 6.10. The van der Waals surface area contributed by atoms with E-state index in [0.717, 1.165) is 10.6 Å². The van der Waals surface area contributed by atoms with Crippen molar-refractivity contribution >= 4 is 11.6 Å². The summed E-state index contributed by atoms with van der Waals surface area (Å²) in [5.74, 6) is 0. The lowest BCUT2D eigenvalue weighted by Gasteiger charge is -2.06. The predicted octanol–water partition coefficient (Wildman–Crippen LogP) is 5.98. The standard InChI is InChI=1S/C19H15Cl/c1-14-4-2-5-17(12-14)15-8-10-16(11-9-15)18-6-3-7-19(20)13-18/h2-13H,1H3. The van der Waals surface area contributed by atoms with Crippen molar-refractivity contribution in [2.24, 2.45) is 0 Å². The van der Waals surface area contributed by atoms with E-state index < -0.39 is 0 Å². The zero-order chi connectivity index (χ0) is 13.9. The predicted molar refractivity (Wildman–Crippen MR) is 87.1 cm³/mol. The van der Waals surface area contributed by atoms with Gasteiger partial charge in [0.1, 0.15) is 0 Å². The molecule has 0 aliphatic carbocycles. The zero-order valence-electron chi connectivity index (χ0n) is 11.3. The SMILES string of the molecule is Cc1cccc(-c2ccc(-c3cccc(Cl)c3)cc2)c1. The van der Waals surface area contributed by atoms with Gasteiger partial charge in [0.15, 0.2) is 0 Å². The molecule has 20 heavy (non-hydrogen) atoms. The maximum absolute atomic E-state index is 6.04. The smallest absolute Gasteiger partial charge is 0.0412 e. The van der Waals surface area contributed by atoms with Crippen molar-refractivity contribution < 1.29 is 0 Å². The summed E-state index contributed by atoms with van der Waals surface area (Å²) in [6.07, 6.45) is 0. The second kappa shape index (κ2) is 5.52. The first kappa shape index (κ1) is 13.0. The van der Waals surface area contributed by atoms with Crippen LogP contribution in [0.2, 0.25) is 5.02 Å². The number of benzene rings is 3. The molecule has 1 heteroatoms. The van der Waals surface area contributed by atoms with E-state index in [1.54, 1.807) is 0 Å². The number of hydrogen-bond donors (Lipinski definition) is 0. The number of halogens is 1. The fourth-order valence-corrected chi connectivity index (χ4v) is 2.54. The van der Waals surface area contributed by atoms with Gasteiger partial charge in [0.25, 0.3) is 0 Å². The molecule has 0 amide bonds. The normalized spacial score (nSPS) is 10.5. The quantitative estimate of drug-likeness (QED) is 0.541. The summed E-state index contributed by atoms with van der Waals surface area (Å²) in [7, 11) is 0. The molecule has 0 N–H and O–H groups in total. The molecule has 0 saturated carbocycles. The van der Waals surface area contributed by atoms with Crippen LogP contribution >= 0.6 is 11.6 Å². The van der Waals surface area contributed by atoms with Gasteiger partial charge in [-0.2, -0.15) is 0 Å². The molecule has 3 rings (SSSR count). The molecule has 0 aliphatic rings. The Balaban J connectivity index is 1.96. The Labute approximate surface area is 124 Å². The van der Waals surface area contributed by atoms with Gasteiger partial charge in [-0.1, -0.05) is 77.8 Å².